The van der Waals surface area contributed by atoms with E-state index >= 15 is 0 Å². The van der Waals surface area contributed by atoms with Gasteiger partial charge in [-0.2, -0.15) is 0 Å². The van der Waals surface area contributed by atoms with Crippen LogP contribution < -0.4 is 15.7 Å². The zero-order valence-electron chi connectivity index (χ0n) is 9.37. The molecule has 1 atom stereocenters. The summed E-state index contributed by atoms with van der Waals surface area (Å²) in [6, 6.07) is 3.15. The Bertz CT molecular complexity index is 359. The van der Waals surface area contributed by atoms with E-state index in [1.54, 1.807) is 6.07 Å². The molecule has 0 unspecified atom stereocenters. The molecular weight excluding hydrogens is 194 g/mol. The lowest BCUT2D eigenvalue weighted by Gasteiger charge is -2.14. The molecule has 1 heterocycles. The minimum absolute atomic E-state index is 0.0674. The van der Waals surface area contributed by atoms with Crippen LogP contribution in [0.15, 0.2) is 21.3 Å². The number of ether oxygens (including phenoxy) is 1. The summed E-state index contributed by atoms with van der Waals surface area (Å²) in [6.45, 7) is 2.09. The van der Waals surface area contributed by atoms with E-state index in [-0.39, 0.29) is 11.7 Å². The quantitative estimate of drug-likeness (QED) is 0.805. The van der Waals surface area contributed by atoms with Crippen molar-refractivity contribution in [3.63, 3.8) is 0 Å². The van der Waals surface area contributed by atoms with Crippen molar-refractivity contribution in [2.45, 2.75) is 25.8 Å². The van der Waals surface area contributed by atoms with Crippen molar-refractivity contribution in [2.75, 3.05) is 14.2 Å². The molecule has 0 bridgehead atoms. The van der Waals surface area contributed by atoms with Crippen molar-refractivity contribution < 1.29 is 9.15 Å². The fourth-order valence-electron chi connectivity index (χ4n) is 1.48. The molecule has 0 saturated carbocycles. The lowest BCUT2D eigenvalue weighted by Crippen LogP contribution is -2.17. The van der Waals surface area contributed by atoms with Crippen LogP contribution in [-0.2, 0) is 0 Å². The molecule has 0 aliphatic rings. The zero-order chi connectivity index (χ0) is 11.3. The second-order valence-corrected chi connectivity index (χ2v) is 3.35. The van der Waals surface area contributed by atoms with Crippen LogP contribution in [0.4, 0.5) is 0 Å². The maximum absolute atomic E-state index is 11.2. The van der Waals surface area contributed by atoms with E-state index in [0.717, 1.165) is 12.8 Å². The first-order chi connectivity index (χ1) is 7.21. The van der Waals surface area contributed by atoms with Crippen LogP contribution in [0.3, 0.4) is 0 Å². The third-order valence-electron chi connectivity index (χ3n) is 2.27. The van der Waals surface area contributed by atoms with Crippen molar-refractivity contribution in [3.8, 4) is 5.75 Å². The molecule has 1 rings (SSSR count). The molecular formula is C11H17NO3. The number of hydrogen-bond donors (Lipinski definition) is 1. The first-order valence-electron chi connectivity index (χ1n) is 5.07. The summed E-state index contributed by atoms with van der Waals surface area (Å²) in [6.07, 6.45) is 1.94. The van der Waals surface area contributed by atoms with Crippen LogP contribution in [-0.4, -0.2) is 14.2 Å². The highest BCUT2D eigenvalue weighted by Crippen LogP contribution is 2.20. The van der Waals surface area contributed by atoms with Gasteiger partial charge in [0.1, 0.15) is 11.5 Å². The molecule has 4 nitrogen and oxygen atoms in total. The first-order valence-corrected chi connectivity index (χ1v) is 5.07. The predicted molar refractivity (Wildman–Crippen MR) is 58.2 cm³/mol. The van der Waals surface area contributed by atoms with Gasteiger partial charge in [0.15, 0.2) is 0 Å². The van der Waals surface area contributed by atoms with Gasteiger partial charge in [-0.1, -0.05) is 13.3 Å². The Morgan fingerprint density at radius 2 is 2.27 bits per heavy atom. The highest BCUT2D eigenvalue weighted by molar-refractivity contribution is 5.22. The number of nitrogens with one attached hydrogen (secondary N) is 1. The van der Waals surface area contributed by atoms with Crippen molar-refractivity contribution in [3.05, 3.63) is 28.3 Å². The van der Waals surface area contributed by atoms with Crippen LogP contribution in [0.1, 0.15) is 31.6 Å². The zero-order valence-corrected chi connectivity index (χ0v) is 9.37. The second-order valence-electron chi connectivity index (χ2n) is 3.35. The highest BCUT2D eigenvalue weighted by atomic mass is 16.5. The monoisotopic (exact) mass is 211 g/mol. The molecule has 1 aromatic heterocycles. The second kappa shape index (κ2) is 5.56. The Balaban J connectivity index is 3.00. The third-order valence-corrected chi connectivity index (χ3v) is 2.27. The van der Waals surface area contributed by atoms with Crippen LogP contribution in [0.25, 0.3) is 0 Å². The van der Waals surface area contributed by atoms with Gasteiger partial charge in [-0.25, -0.2) is 4.79 Å². The van der Waals surface area contributed by atoms with E-state index in [2.05, 4.69) is 12.2 Å². The van der Waals surface area contributed by atoms with Gasteiger partial charge in [-0.05, 0) is 13.5 Å². The highest BCUT2D eigenvalue weighted by Gasteiger charge is 2.12. The standard InChI is InChI=1S/C11H17NO3/c1-4-5-9(12-2)10-6-8(14-3)7-11(13)15-10/h6-7,9,12H,4-5H2,1-3H3/t9-/m1/s1. The van der Waals surface area contributed by atoms with Crippen molar-refractivity contribution >= 4 is 0 Å². The van der Waals surface area contributed by atoms with E-state index in [1.165, 1.54) is 13.2 Å². The van der Waals surface area contributed by atoms with Gasteiger partial charge in [0, 0.05) is 6.07 Å². The summed E-state index contributed by atoms with van der Waals surface area (Å²) in [5, 5.41) is 3.11. The number of hydrogen-bond acceptors (Lipinski definition) is 4. The Morgan fingerprint density at radius 3 is 2.80 bits per heavy atom. The van der Waals surface area contributed by atoms with Crippen LogP contribution >= 0.6 is 0 Å². The van der Waals surface area contributed by atoms with Crippen molar-refractivity contribution in [1.82, 2.24) is 5.32 Å². The fourth-order valence-corrected chi connectivity index (χ4v) is 1.48. The van der Waals surface area contributed by atoms with Gasteiger partial charge < -0.3 is 14.5 Å². The first kappa shape index (κ1) is 11.8. The van der Waals surface area contributed by atoms with E-state index in [0.29, 0.717) is 11.5 Å². The third kappa shape index (κ3) is 3.09. The molecule has 1 aromatic rings. The summed E-state index contributed by atoms with van der Waals surface area (Å²) < 4.78 is 10.1. The van der Waals surface area contributed by atoms with Gasteiger partial charge in [-0.3, -0.25) is 0 Å². The summed E-state index contributed by atoms with van der Waals surface area (Å²) in [5.74, 6) is 1.17. The van der Waals surface area contributed by atoms with Gasteiger partial charge in [0.2, 0.25) is 0 Å². The average molecular weight is 211 g/mol. The maximum atomic E-state index is 11.2. The molecule has 0 saturated heterocycles. The smallest absolute Gasteiger partial charge is 0.339 e. The van der Waals surface area contributed by atoms with Gasteiger partial charge in [0.25, 0.3) is 0 Å². The molecule has 0 aliphatic heterocycles. The predicted octanol–water partition coefficient (Wildman–Crippen LogP) is 1.71. The van der Waals surface area contributed by atoms with Gasteiger partial charge in [0.05, 0.1) is 19.2 Å². The van der Waals surface area contributed by atoms with Gasteiger partial charge in [-0.15, -0.1) is 0 Å². The largest absolute Gasteiger partial charge is 0.496 e. The topological polar surface area (TPSA) is 51.5 Å². The summed E-state index contributed by atoms with van der Waals surface area (Å²) in [4.78, 5) is 11.2. The molecule has 1 N–H and O–H groups in total. The summed E-state index contributed by atoms with van der Waals surface area (Å²) in [7, 11) is 3.38. The molecule has 0 fully saturated rings. The average Bonchev–Trinajstić information content (AvgIpc) is 2.24. The molecule has 0 radical (unpaired) electrons. The van der Waals surface area contributed by atoms with Crippen molar-refractivity contribution in [2.24, 2.45) is 0 Å². The molecule has 0 amide bonds. The Kier molecular flexibility index (Phi) is 4.37. The molecule has 84 valence electrons. The maximum Gasteiger partial charge on any atom is 0.339 e. The van der Waals surface area contributed by atoms with Crippen LogP contribution in [0.5, 0.6) is 5.75 Å². The minimum atomic E-state index is -0.374. The Labute approximate surface area is 89.3 Å². The Morgan fingerprint density at radius 1 is 1.53 bits per heavy atom. The summed E-state index contributed by atoms with van der Waals surface area (Å²) >= 11 is 0. The normalized spacial score (nSPS) is 12.5. The summed E-state index contributed by atoms with van der Waals surface area (Å²) in [5.41, 5.74) is -0.374. The van der Waals surface area contributed by atoms with Crippen molar-refractivity contribution in [1.29, 1.82) is 0 Å². The molecule has 0 aliphatic carbocycles. The van der Waals surface area contributed by atoms with Crippen LogP contribution in [0.2, 0.25) is 0 Å². The van der Waals surface area contributed by atoms with E-state index < -0.39 is 0 Å². The molecule has 4 heteroatoms. The molecule has 0 spiro atoms. The van der Waals surface area contributed by atoms with E-state index in [1.807, 2.05) is 7.05 Å². The lowest BCUT2D eigenvalue weighted by atomic mass is 10.1. The lowest BCUT2D eigenvalue weighted by molar-refractivity contribution is 0.360. The molecule has 15 heavy (non-hydrogen) atoms. The fraction of sp³-hybridized carbons (Fsp3) is 0.545. The van der Waals surface area contributed by atoms with E-state index in [4.69, 9.17) is 9.15 Å². The van der Waals surface area contributed by atoms with Crippen LogP contribution in [0, 0.1) is 0 Å². The minimum Gasteiger partial charge on any atom is -0.496 e. The number of methoxy groups -OCH3 is 1. The number of rotatable bonds is 5. The Hall–Kier alpha value is -1.29. The van der Waals surface area contributed by atoms with Gasteiger partial charge >= 0.3 is 5.63 Å². The SMILES string of the molecule is CCC[C@@H](NC)c1cc(OC)cc(=O)o1. The molecule has 0 aromatic carbocycles. The van der Waals surface area contributed by atoms with E-state index in [9.17, 15) is 4.79 Å².